The number of hydrogen-bond donors (Lipinski definition) is 1. The number of piperidine rings is 1. The monoisotopic (exact) mass is 413 g/mol. The molecule has 0 spiro atoms. The first-order chi connectivity index (χ1) is 15.3. The molecule has 31 heavy (non-hydrogen) atoms. The number of rotatable bonds is 5. The maximum absolute atomic E-state index is 12.8. The number of pyridine rings is 1. The molecule has 4 heterocycles. The molecule has 156 valence electrons. The van der Waals surface area contributed by atoms with Crippen molar-refractivity contribution in [1.29, 1.82) is 0 Å². The summed E-state index contributed by atoms with van der Waals surface area (Å²) in [5, 5.41) is 11.2. The molecule has 1 N–H and O–H groups in total. The quantitative estimate of drug-likeness (QED) is 0.541. The topological polar surface area (TPSA) is 88.8 Å². The number of hydrogen-bond acceptors (Lipinski definition) is 6. The summed E-state index contributed by atoms with van der Waals surface area (Å²) in [6.45, 7) is 2.37. The van der Waals surface area contributed by atoms with Crippen molar-refractivity contribution in [1.82, 2.24) is 30.0 Å². The summed E-state index contributed by atoms with van der Waals surface area (Å²) in [4.78, 5) is 23.9. The van der Waals surface area contributed by atoms with Crippen molar-refractivity contribution in [2.45, 2.75) is 25.4 Å². The van der Waals surface area contributed by atoms with Gasteiger partial charge >= 0.3 is 0 Å². The third-order valence-electron chi connectivity index (χ3n) is 5.63. The van der Waals surface area contributed by atoms with Crippen LogP contribution >= 0.6 is 0 Å². The lowest BCUT2D eigenvalue weighted by Gasteiger charge is -2.32. The van der Waals surface area contributed by atoms with Crippen LogP contribution in [0.4, 0.5) is 5.82 Å². The molecule has 4 aromatic rings. The molecule has 1 saturated heterocycles. The fraction of sp³-hybridized carbons (Fsp3) is 0.261. The summed E-state index contributed by atoms with van der Waals surface area (Å²) in [5.41, 5.74) is 3.21. The van der Waals surface area contributed by atoms with E-state index in [0.717, 1.165) is 42.9 Å². The standard InChI is InChI=1S/C23H23N7O/c31-23(27-19-8-11-29(12-9-19)21-7-4-10-26-28-21)18-13-20-22(24-14-18)30(16-25-20)15-17-5-2-1-3-6-17/h1-7,10,13-14,16,19H,8-9,11-12,15H2,(H,27,31). The zero-order valence-corrected chi connectivity index (χ0v) is 17.1. The predicted molar refractivity (Wildman–Crippen MR) is 118 cm³/mol. The second-order valence-corrected chi connectivity index (χ2v) is 7.74. The largest absolute Gasteiger partial charge is 0.355 e. The van der Waals surface area contributed by atoms with Crippen LogP contribution in [0.3, 0.4) is 0 Å². The van der Waals surface area contributed by atoms with Gasteiger partial charge in [0.1, 0.15) is 5.52 Å². The van der Waals surface area contributed by atoms with Crippen molar-refractivity contribution in [3.8, 4) is 0 Å². The van der Waals surface area contributed by atoms with E-state index in [0.29, 0.717) is 12.1 Å². The lowest BCUT2D eigenvalue weighted by atomic mass is 10.0. The molecule has 1 amide bonds. The van der Waals surface area contributed by atoms with Crippen molar-refractivity contribution < 1.29 is 4.79 Å². The highest BCUT2D eigenvalue weighted by molar-refractivity contribution is 5.96. The molecule has 1 aliphatic heterocycles. The SMILES string of the molecule is O=C(NC1CCN(c2cccnn2)CC1)c1cnc2c(c1)ncn2Cc1ccccc1. The average molecular weight is 413 g/mol. The maximum atomic E-state index is 12.8. The van der Waals surface area contributed by atoms with Gasteiger partial charge in [-0.05, 0) is 36.6 Å². The minimum absolute atomic E-state index is 0.107. The predicted octanol–water partition coefficient (Wildman–Crippen LogP) is 2.67. The van der Waals surface area contributed by atoms with Crippen LogP contribution in [0.15, 0.2) is 67.3 Å². The second kappa shape index (κ2) is 8.51. The van der Waals surface area contributed by atoms with Gasteiger partial charge in [-0.25, -0.2) is 9.97 Å². The number of anilines is 1. The van der Waals surface area contributed by atoms with Gasteiger partial charge in [-0.15, -0.1) is 5.10 Å². The first-order valence-electron chi connectivity index (χ1n) is 10.4. The van der Waals surface area contributed by atoms with Crippen molar-refractivity contribution in [3.63, 3.8) is 0 Å². The Morgan fingerprint density at radius 1 is 1.06 bits per heavy atom. The first kappa shape index (κ1) is 19.2. The van der Waals surface area contributed by atoms with Gasteiger partial charge in [-0.2, -0.15) is 5.10 Å². The van der Waals surface area contributed by atoms with Crippen LogP contribution in [0, 0.1) is 0 Å². The fourth-order valence-electron chi connectivity index (χ4n) is 3.95. The van der Waals surface area contributed by atoms with E-state index in [1.807, 2.05) is 41.0 Å². The van der Waals surface area contributed by atoms with Gasteiger partial charge in [-0.3, -0.25) is 4.79 Å². The van der Waals surface area contributed by atoms with E-state index in [1.54, 1.807) is 18.7 Å². The Bertz CT molecular complexity index is 1170. The molecule has 8 nitrogen and oxygen atoms in total. The van der Waals surface area contributed by atoms with Crippen molar-refractivity contribution in [3.05, 3.63) is 78.4 Å². The van der Waals surface area contributed by atoms with Gasteiger partial charge in [0.2, 0.25) is 0 Å². The Hall–Kier alpha value is -3.81. The smallest absolute Gasteiger partial charge is 0.253 e. The van der Waals surface area contributed by atoms with Gasteiger partial charge in [0.15, 0.2) is 11.5 Å². The number of imidazole rings is 1. The molecule has 0 radical (unpaired) electrons. The van der Waals surface area contributed by atoms with E-state index in [-0.39, 0.29) is 11.9 Å². The van der Waals surface area contributed by atoms with Crippen molar-refractivity contribution >= 4 is 22.9 Å². The van der Waals surface area contributed by atoms with Crippen LogP contribution in [-0.2, 0) is 6.54 Å². The molecule has 5 rings (SSSR count). The Morgan fingerprint density at radius 3 is 2.68 bits per heavy atom. The van der Waals surface area contributed by atoms with Crippen molar-refractivity contribution in [2.24, 2.45) is 0 Å². The van der Waals surface area contributed by atoms with E-state index in [4.69, 9.17) is 0 Å². The van der Waals surface area contributed by atoms with Gasteiger partial charge in [-0.1, -0.05) is 30.3 Å². The van der Waals surface area contributed by atoms with Gasteiger partial charge in [0.05, 0.1) is 18.4 Å². The molecule has 3 aromatic heterocycles. The number of nitrogens with zero attached hydrogens (tertiary/aromatic N) is 6. The van der Waals surface area contributed by atoms with Crippen LogP contribution in [0.2, 0.25) is 0 Å². The average Bonchev–Trinajstić information content (AvgIpc) is 3.23. The van der Waals surface area contributed by atoms with Crippen LogP contribution in [0.1, 0.15) is 28.8 Å². The summed E-state index contributed by atoms with van der Waals surface area (Å²) in [6, 6.07) is 16.0. The molecule has 0 saturated carbocycles. The molecule has 0 unspecified atom stereocenters. The zero-order valence-electron chi connectivity index (χ0n) is 17.1. The molecule has 8 heteroatoms. The Kier molecular flexibility index (Phi) is 5.26. The third-order valence-corrected chi connectivity index (χ3v) is 5.63. The zero-order chi connectivity index (χ0) is 21.0. The number of fused-ring (bicyclic) bond motifs is 1. The Labute approximate surface area is 180 Å². The number of benzene rings is 1. The first-order valence-corrected chi connectivity index (χ1v) is 10.4. The molecule has 0 bridgehead atoms. The minimum atomic E-state index is -0.107. The molecular weight excluding hydrogens is 390 g/mol. The van der Waals surface area contributed by atoms with Crippen LogP contribution in [0.25, 0.3) is 11.2 Å². The van der Waals surface area contributed by atoms with Gasteiger partial charge in [0.25, 0.3) is 5.91 Å². The number of amides is 1. The summed E-state index contributed by atoms with van der Waals surface area (Å²) < 4.78 is 1.99. The molecule has 1 fully saturated rings. The molecular formula is C23H23N7O. The lowest BCUT2D eigenvalue weighted by Crippen LogP contribution is -2.45. The summed E-state index contributed by atoms with van der Waals surface area (Å²) >= 11 is 0. The van der Waals surface area contributed by atoms with E-state index in [9.17, 15) is 4.79 Å². The van der Waals surface area contributed by atoms with E-state index >= 15 is 0 Å². The highest BCUT2D eigenvalue weighted by Gasteiger charge is 2.22. The number of carbonyl (C=O) groups is 1. The summed E-state index contributed by atoms with van der Waals surface area (Å²) in [5.74, 6) is 0.776. The minimum Gasteiger partial charge on any atom is -0.355 e. The Morgan fingerprint density at radius 2 is 1.90 bits per heavy atom. The third kappa shape index (κ3) is 4.23. The van der Waals surface area contributed by atoms with Crippen molar-refractivity contribution in [2.75, 3.05) is 18.0 Å². The number of nitrogens with one attached hydrogen (secondary N) is 1. The highest BCUT2D eigenvalue weighted by Crippen LogP contribution is 2.18. The lowest BCUT2D eigenvalue weighted by molar-refractivity contribution is 0.0931. The normalized spacial score (nSPS) is 14.6. The fourth-order valence-corrected chi connectivity index (χ4v) is 3.95. The highest BCUT2D eigenvalue weighted by atomic mass is 16.1. The summed E-state index contributed by atoms with van der Waals surface area (Å²) in [7, 11) is 0. The van der Waals surface area contributed by atoms with E-state index < -0.39 is 0 Å². The van der Waals surface area contributed by atoms with E-state index in [2.05, 4.69) is 42.5 Å². The molecule has 1 aromatic carbocycles. The number of aromatic nitrogens is 5. The molecule has 0 atom stereocenters. The van der Waals surface area contributed by atoms with Crippen LogP contribution in [0.5, 0.6) is 0 Å². The Balaban J connectivity index is 1.22. The van der Waals surface area contributed by atoms with Gasteiger partial charge < -0.3 is 14.8 Å². The summed E-state index contributed by atoms with van der Waals surface area (Å²) in [6.07, 6.45) is 6.81. The van der Waals surface area contributed by atoms with Crippen LogP contribution < -0.4 is 10.2 Å². The van der Waals surface area contributed by atoms with E-state index in [1.165, 1.54) is 5.56 Å². The second-order valence-electron chi connectivity index (χ2n) is 7.74. The molecule has 1 aliphatic rings. The van der Waals surface area contributed by atoms with Gasteiger partial charge in [0, 0.05) is 31.5 Å². The number of carbonyl (C=O) groups excluding carboxylic acids is 1. The maximum Gasteiger partial charge on any atom is 0.253 e. The van der Waals surface area contributed by atoms with Crippen LogP contribution in [-0.4, -0.2) is 49.8 Å². The molecule has 0 aliphatic carbocycles.